The first-order chi connectivity index (χ1) is 11.6. The van der Waals surface area contributed by atoms with Gasteiger partial charge in [-0.3, -0.25) is 14.5 Å². The zero-order chi connectivity index (χ0) is 16.9. The lowest BCUT2D eigenvalue weighted by Crippen LogP contribution is -2.41. The molecule has 1 aromatic carbocycles. The fourth-order valence-electron chi connectivity index (χ4n) is 2.97. The zero-order valence-corrected chi connectivity index (χ0v) is 14.0. The predicted octanol–water partition coefficient (Wildman–Crippen LogP) is 0.527. The van der Waals surface area contributed by atoms with Crippen LogP contribution in [0.15, 0.2) is 18.2 Å². The largest absolute Gasteiger partial charge is 0.379 e. The molecule has 1 fully saturated rings. The average Bonchev–Trinajstić information content (AvgIpc) is 2.74. The highest BCUT2D eigenvalue weighted by Crippen LogP contribution is 2.28. The van der Waals surface area contributed by atoms with E-state index in [1.54, 1.807) is 12.1 Å². The number of morpholine rings is 1. The zero-order valence-electron chi connectivity index (χ0n) is 14.0. The van der Waals surface area contributed by atoms with Crippen molar-refractivity contribution in [3.63, 3.8) is 0 Å². The van der Waals surface area contributed by atoms with Crippen LogP contribution in [-0.4, -0.2) is 69.7 Å². The molecule has 0 atom stereocenters. The first-order valence-corrected chi connectivity index (χ1v) is 8.37. The quantitative estimate of drug-likeness (QED) is 0.841. The standard InChI is InChI=1S/C17H24N4O3/c1-20-6-4-16(22)19-14-12-13(2-3-15(14)20)17(23)18-5-7-21-8-10-24-11-9-21/h2-3,12H,4-11H2,1H3,(H,18,23)(H,19,22). The molecule has 0 radical (unpaired) electrons. The number of carbonyl (C=O) groups excluding carboxylic acids is 2. The van der Waals surface area contributed by atoms with Crippen LogP contribution in [-0.2, 0) is 9.53 Å². The van der Waals surface area contributed by atoms with Crippen molar-refractivity contribution < 1.29 is 14.3 Å². The third-order valence-electron chi connectivity index (χ3n) is 4.44. The molecule has 7 heteroatoms. The Balaban J connectivity index is 1.59. The van der Waals surface area contributed by atoms with Crippen molar-refractivity contribution in [2.24, 2.45) is 0 Å². The Morgan fingerprint density at radius 1 is 1.29 bits per heavy atom. The molecule has 2 aliphatic rings. The highest BCUT2D eigenvalue weighted by Gasteiger charge is 2.18. The number of carbonyl (C=O) groups is 2. The van der Waals surface area contributed by atoms with Gasteiger partial charge in [-0.1, -0.05) is 0 Å². The second kappa shape index (κ2) is 7.63. The minimum Gasteiger partial charge on any atom is -0.379 e. The average molecular weight is 332 g/mol. The second-order valence-electron chi connectivity index (χ2n) is 6.16. The van der Waals surface area contributed by atoms with Crippen LogP contribution in [0.5, 0.6) is 0 Å². The van der Waals surface area contributed by atoms with Crippen molar-refractivity contribution >= 4 is 23.2 Å². The third kappa shape index (κ3) is 4.04. The molecule has 2 heterocycles. The normalized spacial score (nSPS) is 18.5. The Kier molecular flexibility index (Phi) is 5.32. The van der Waals surface area contributed by atoms with E-state index in [2.05, 4.69) is 15.5 Å². The number of hydrogen-bond acceptors (Lipinski definition) is 5. The van der Waals surface area contributed by atoms with E-state index in [-0.39, 0.29) is 11.8 Å². The Labute approximate surface area is 141 Å². The molecule has 2 N–H and O–H groups in total. The van der Waals surface area contributed by atoms with Gasteiger partial charge in [0.1, 0.15) is 0 Å². The first-order valence-electron chi connectivity index (χ1n) is 8.37. The number of fused-ring (bicyclic) bond motifs is 1. The van der Waals surface area contributed by atoms with Gasteiger partial charge in [-0.2, -0.15) is 0 Å². The van der Waals surface area contributed by atoms with Crippen LogP contribution in [0.3, 0.4) is 0 Å². The summed E-state index contributed by atoms with van der Waals surface area (Å²) in [6.07, 6.45) is 0.451. The number of hydrogen-bond donors (Lipinski definition) is 2. The van der Waals surface area contributed by atoms with Gasteiger partial charge in [0.15, 0.2) is 0 Å². The SMILES string of the molecule is CN1CCC(=O)Nc2cc(C(=O)NCCN3CCOCC3)ccc21. The summed E-state index contributed by atoms with van der Waals surface area (Å²) in [6, 6.07) is 5.44. The summed E-state index contributed by atoms with van der Waals surface area (Å²) in [7, 11) is 1.95. The van der Waals surface area contributed by atoms with Crippen LogP contribution >= 0.6 is 0 Å². The van der Waals surface area contributed by atoms with E-state index in [4.69, 9.17) is 4.74 Å². The van der Waals surface area contributed by atoms with Gasteiger partial charge < -0.3 is 20.3 Å². The molecule has 0 bridgehead atoms. The minimum atomic E-state index is -0.118. The lowest BCUT2D eigenvalue weighted by Gasteiger charge is -2.26. The van der Waals surface area contributed by atoms with E-state index in [0.29, 0.717) is 30.8 Å². The number of benzene rings is 1. The van der Waals surface area contributed by atoms with E-state index in [1.807, 2.05) is 18.0 Å². The van der Waals surface area contributed by atoms with E-state index < -0.39 is 0 Å². The summed E-state index contributed by atoms with van der Waals surface area (Å²) >= 11 is 0. The molecule has 24 heavy (non-hydrogen) atoms. The molecule has 2 aliphatic heterocycles. The van der Waals surface area contributed by atoms with E-state index in [1.165, 1.54) is 0 Å². The van der Waals surface area contributed by atoms with Crippen LogP contribution in [0, 0.1) is 0 Å². The van der Waals surface area contributed by atoms with Gasteiger partial charge in [0, 0.05) is 51.8 Å². The van der Waals surface area contributed by atoms with Gasteiger partial charge in [-0.15, -0.1) is 0 Å². The number of nitrogens with one attached hydrogen (secondary N) is 2. The molecule has 1 saturated heterocycles. The molecular weight excluding hydrogens is 308 g/mol. The molecule has 0 spiro atoms. The Morgan fingerprint density at radius 2 is 2.08 bits per heavy atom. The number of ether oxygens (including phenoxy) is 1. The molecule has 3 rings (SSSR count). The predicted molar refractivity (Wildman–Crippen MR) is 92.6 cm³/mol. The summed E-state index contributed by atoms with van der Waals surface area (Å²) in [5.74, 6) is -0.141. The maximum Gasteiger partial charge on any atom is 0.251 e. The van der Waals surface area contributed by atoms with Crippen LogP contribution < -0.4 is 15.5 Å². The Bertz CT molecular complexity index is 614. The molecule has 0 saturated carbocycles. The third-order valence-corrected chi connectivity index (χ3v) is 4.44. The van der Waals surface area contributed by atoms with Crippen molar-refractivity contribution in [1.82, 2.24) is 10.2 Å². The first kappa shape index (κ1) is 16.7. The summed E-state index contributed by atoms with van der Waals surface area (Å²) in [5, 5.41) is 5.82. The maximum absolute atomic E-state index is 12.3. The van der Waals surface area contributed by atoms with E-state index in [0.717, 1.165) is 38.5 Å². The van der Waals surface area contributed by atoms with Crippen molar-refractivity contribution in [2.75, 3.05) is 63.2 Å². The summed E-state index contributed by atoms with van der Waals surface area (Å²) in [4.78, 5) is 28.4. The molecule has 130 valence electrons. The highest BCUT2D eigenvalue weighted by atomic mass is 16.5. The van der Waals surface area contributed by atoms with Crippen molar-refractivity contribution in [1.29, 1.82) is 0 Å². The molecular formula is C17H24N4O3. The monoisotopic (exact) mass is 332 g/mol. The second-order valence-corrected chi connectivity index (χ2v) is 6.16. The smallest absolute Gasteiger partial charge is 0.251 e. The van der Waals surface area contributed by atoms with Gasteiger partial charge >= 0.3 is 0 Å². The van der Waals surface area contributed by atoms with Gasteiger partial charge in [0.2, 0.25) is 5.91 Å². The molecule has 1 aromatic rings. The lowest BCUT2D eigenvalue weighted by atomic mass is 10.1. The van der Waals surface area contributed by atoms with E-state index in [9.17, 15) is 9.59 Å². The van der Waals surface area contributed by atoms with Gasteiger partial charge in [0.05, 0.1) is 24.6 Å². The lowest BCUT2D eigenvalue weighted by molar-refractivity contribution is -0.115. The van der Waals surface area contributed by atoms with Crippen LogP contribution in [0.25, 0.3) is 0 Å². The highest BCUT2D eigenvalue weighted by molar-refractivity contribution is 6.00. The van der Waals surface area contributed by atoms with Crippen molar-refractivity contribution in [3.8, 4) is 0 Å². The Morgan fingerprint density at radius 3 is 2.88 bits per heavy atom. The molecule has 2 amide bonds. The Hall–Kier alpha value is -2.12. The summed E-state index contributed by atoms with van der Waals surface area (Å²) in [5.41, 5.74) is 2.19. The number of anilines is 2. The van der Waals surface area contributed by atoms with Crippen LogP contribution in [0.2, 0.25) is 0 Å². The molecule has 7 nitrogen and oxygen atoms in total. The van der Waals surface area contributed by atoms with Gasteiger partial charge in [-0.25, -0.2) is 0 Å². The van der Waals surface area contributed by atoms with Crippen LogP contribution in [0.4, 0.5) is 11.4 Å². The topological polar surface area (TPSA) is 73.9 Å². The fraction of sp³-hybridized carbons (Fsp3) is 0.529. The minimum absolute atomic E-state index is 0.0227. The maximum atomic E-state index is 12.3. The fourth-order valence-corrected chi connectivity index (χ4v) is 2.97. The summed E-state index contributed by atoms with van der Waals surface area (Å²) in [6.45, 7) is 5.42. The van der Waals surface area contributed by atoms with Crippen LogP contribution in [0.1, 0.15) is 16.8 Å². The number of nitrogens with zero attached hydrogens (tertiary/aromatic N) is 2. The number of amides is 2. The number of rotatable bonds is 4. The molecule has 0 aliphatic carbocycles. The van der Waals surface area contributed by atoms with Gasteiger partial charge in [0.25, 0.3) is 5.91 Å². The van der Waals surface area contributed by atoms with Gasteiger partial charge in [-0.05, 0) is 18.2 Å². The van der Waals surface area contributed by atoms with Crippen molar-refractivity contribution in [3.05, 3.63) is 23.8 Å². The van der Waals surface area contributed by atoms with E-state index >= 15 is 0 Å². The summed E-state index contributed by atoms with van der Waals surface area (Å²) < 4.78 is 5.31. The van der Waals surface area contributed by atoms with Crippen molar-refractivity contribution in [2.45, 2.75) is 6.42 Å². The molecule has 0 unspecified atom stereocenters. The molecule has 0 aromatic heterocycles.